The Morgan fingerprint density at radius 2 is 2.11 bits per heavy atom. The molecule has 0 radical (unpaired) electrons. The van der Waals surface area contributed by atoms with E-state index in [9.17, 15) is 13.2 Å². The van der Waals surface area contributed by atoms with Gasteiger partial charge in [0.25, 0.3) is 0 Å². The van der Waals surface area contributed by atoms with Gasteiger partial charge in [-0.05, 0) is 12.8 Å². The Morgan fingerprint density at radius 1 is 1.44 bits per heavy atom. The lowest BCUT2D eigenvalue weighted by molar-refractivity contribution is -0.126. The standard InChI is InChI=1S/C10H19N3O3S.ClH/c1-17(15,16)13-4-2-3-9(13)7-12-10(14)8-5-11-6-8;/h8-9,11H,2-7H2,1H3,(H,12,14);1H/t9-;/m1./s1. The molecule has 2 heterocycles. The highest BCUT2D eigenvalue weighted by Crippen LogP contribution is 2.19. The zero-order valence-corrected chi connectivity index (χ0v) is 12.0. The van der Waals surface area contributed by atoms with E-state index in [1.807, 2.05) is 0 Å². The Morgan fingerprint density at radius 3 is 2.61 bits per heavy atom. The van der Waals surface area contributed by atoms with Crippen LogP contribution in [0.5, 0.6) is 0 Å². The quantitative estimate of drug-likeness (QED) is 0.710. The van der Waals surface area contributed by atoms with Gasteiger partial charge in [-0.2, -0.15) is 4.31 Å². The molecule has 106 valence electrons. The number of nitrogens with one attached hydrogen (secondary N) is 2. The summed E-state index contributed by atoms with van der Waals surface area (Å²) in [4.78, 5) is 11.6. The number of carbonyl (C=O) groups is 1. The molecule has 2 aliphatic heterocycles. The molecule has 0 saturated carbocycles. The van der Waals surface area contributed by atoms with Crippen LogP contribution in [0.1, 0.15) is 12.8 Å². The highest BCUT2D eigenvalue weighted by Gasteiger charge is 2.32. The van der Waals surface area contributed by atoms with Gasteiger partial charge in [-0.1, -0.05) is 0 Å². The monoisotopic (exact) mass is 297 g/mol. The second-order valence-electron chi connectivity index (χ2n) is 4.77. The first-order chi connectivity index (χ1) is 7.98. The molecule has 0 aromatic heterocycles. The third-order valence-corrected chi connectivity index (χ3v) is 4.75. The van der Waals surface area contributed by atoms with Crippen molar-refractivity contribution in [1.82, 2.24) is 14.9 Å². The normalized spacial score (nSPS) is 25.3. The van der Waals surface area contributed by atoms with Crippen LogP contribution >= 0.6 is 12.4 Å². The third-order valence-electron chi connectivity index (χ3n) is 3.41. The SMILES string of the molecule is CS(=O)(=O)N1CCC[C@@H]1CNC(=O)C1CNC1.Cl. The Kier molecular flexibility index (Phi) is 5.39. The average molecular weight is 298 g/mol. The van der Waals surface area contributed by atoms with Crippen molar-refractivity contribution in [2.45, 2.75) is 18.9 Å². The first-order valence-corrected chi connectivity index (χ1v) is 7.78. The minimum absolute atomic E-state index is 0. The molecule has 0 unspecified atom stereocenters. The van der Waals surface area contributed by atoms with E-state index in [-0.39, 0.29) is 30.3 Å². The summed E-state index contributed by atoms with van der Waals surface area (Å²) in [6.07, 6.45) is 2.93. The van der Waals surface area contributed by atoms with Crippen molar-refractivity contribution < 1.29 is 13.2 Å². The van der Waals surface area contributed by atoms with Crippen molar-refractivity contribution in [3.05, 3.63) is 0 Å². The zero-order chi connectivity index (χ0) is 12.5. The summed E-state index contributed by atoms with van der Waals surface area (Å²) in [5.41, 5.74) is 0. The predicted molar refractivity (Wildman–Crippen MR) is 71.2 cm³/mol. The molecule has 2 fully saturated rings. The van der Waals surface area contributed by atoms with Gasteiger partial charge in [0.15, 0.2) is 0 Å². The summed E-state index contributed by atoms with van der Waals surface area (Å²) in [5.74, 6) is 0.0900. The Hall–Kier alpha value is -0.370. The van der Waals surface area contributed by atoms with Crippen LogP contribution in [0.15, 0.2) is 0 Å². The summed E-state index contributed by atoms with van der Waals surface area (Å²) in [6, 6.07) is -0.0676. The van der Waals surface area contributed by atoms with Gasteiger partial charge in [0.05, 0.1) is 12.2 Å². The molecule has 0 spiro atoms. The van der Waals surface area contributed by atoms with Crippen LogP contribution in [0.3, 0.4) is 0 Å². The lowest BCUT2D eigenvalue weighted by atomic mass is 10.0. The van der Waals surface area contributed by atoms with Crippen LogP contribution < -0.4 is 10.6 Å². The van der Waals surface area contributed by atoms with Crippen LogP contribution in [0, 0.1) is 5.92 Å². The largest absolute Gasteiger partial charge is 0.354 e. The van der Waals surface area contributed by atoms with E-state index >= 15 is 0 Å². The average Bonchev–Trinajstić information content (AvgIpc) is 2.58. The van der Waals surface area contributed by atoms with Crippen LogP contribution in [0.25, 0.3) is 0 Å². The van der Waals surface area contributed by atoms with Gasteiger partial charge in [0.1, 0.15) is 0 Å². The molecule has 0 bridgehead atoms. The van der Waals surface area contributed by atoms with E-state index in [1.165, 1.54) is 10.6 Å². The second-order valence-corrected chi connectivity index (χ2v) is 6.71. The number of hydrogen-bond acceptors (Lipinski definition) is 4. The molecule has 0 aromatic carbocycles. The van der Waals surface area contributed by atoms with Crippen LogP contribution in [-0.4, -0.2) is 57.1 Å². The van der Waals surface area contributed by atoms with Crippen molar-refractivity contribution in [3.8, 4) is 0 Å². The molecular formula is C10H20ClN3O3S. The molecule has 2 N–H and O–H groups in total. The van der Waals surface area contributed by atoms with Gasteiger partial charge in [-0.3, -0.25) is 4.79 Å². The summed E-state index contributed by atoms with van der Waals surface area (Å²) in [6.45, 7) is 2.46. The Labute approximate surface area is 114 Å². The summed E-state index contributed by atoms with van der Waals surface area (Å²) in [5, 5.41) is 5.88. The zero-order valence-electron chi connectivity index (χ0n) is 10.4. The summed E-state index contributed by atoms with van der Waals surface area (Å²) >= 11 is 0. The molecule has 2 rings (SSSR count). The number of rotatable bonds is 4. The number of carbonyl (C=O) groups excluding carboxylic acids is 1. The molecule has 2 aliphatic rings. The second kappa shape index (κ2) is 6.18. The van der Waals surface area contributed by atoms with E-state index in [0.29, 0.717) is 13.1 Å². The van der Waals surface area contributed by atoms with Gasteiger partial charge < -0.3 is 10.6 Å². The minimum Gasteiger partial charge on any atom is -0.354 e. The lowest BCUT2D eigenvalue weighted by Crippen LogP contribution is -2.52. The Balaban J connectivity index is 0.00000162. The molecule has 1 amide bonds. The van der Waals surface area contributed by atoms with Crippen molar-refractivity contribution >= 4 is 28.3 Å². The molecule has 2 saturated heterocycles. The highest BCUT2D eigenvalue weighted by molar-refractivity contribution is 7.88. The molecule has 1 atom stereocenters. The number of amides is 1. The topological polar surface area (TPSA) is 78.5 Å². The number of halogens is 1. The van der Waals surface area contributed by atoms with E-state index in [1.54, 1.807) is 0 Å². The lowest BCUT2D eigenvalue weighted by Gasteiger charge is -2.28. The maximum atomic E-state index is 11.6. The number of nitrogens with zero attached hydrogens (tertiary/aromatic N) is 1. The number of hydrogen-bond donors (Lipinski definition) is 2. The maximum absolute atomic E-state index is 11.6. The van der Waals surface area contributed by atoms with E-state index in [4.69, 9.17) is 0 Å². The van der Waals surface area contributed by atoms with Crippen molar-refractivity contribution in [3.63, 3.8) is 0 Å². The molecule has 0 aliphatic carbocycles. The van der Waals surface area contributed by atoms with Crippen LogP contribution in [0.2, 0.25) is 0 Å². The van der Waals surface area contributed by atoms with E-state index in [0.717, 1.165) is 25.9 Å². The van der Waals surface area contributed by atoms with Gasteiger partial charge in [0, 0.05) is 32.2 Å². The first kappa shape index (κ1) is 15.7. The predicted octanol–water partition coefficient (Wildman–Crippen LogP) is -0.832. The van der Waals surface area contributed by atoms with E-state index < -0.39 is 10.0 Å². The molecule has 8 heteroatoms. The van der Waals surface area contributed by atoms with Crippen LogP contribution in [0.4, 0.5) is 0 Å². The fraction of sp³-hybridized carbons (Fsp3) is 0.900. The first-order valence-electron chi connectivity index (χ1n) is 5.94. The smallest absolute Gasteiger partial charge is 0.225 e. The Bertz CT molecular complexity index is 397. The highest BCUT2D eigenvalue weighted by atomic mass is 35.5. The van der Waals surface area contributed by atoms with Gasteiger partial charge in [0.2, 0.25) is 15.9 Å². The fourth-order valence-corrected chi connectivity index (χ4v) is 3.47. The maximum Gasteiger partial charge on any atom is 0.225 e. The van der Waals surface area contributed by atoms with Crippen LogP contribution in [-0.2, 0) is 14.8 Å². The van der Waals surface area contributed by atoms with Crippen molar-refractivity contribution in [2.24, 2.45) is 5.92 Å². The fourth-order valence-electron chi connectivity index (χ4n) is 2.29. The molecule has 18 heavy (non-hydrogen) atoms. The minimum atomic E-state index is -3.14. The van der Waals surface area contributed by atoms with Crippen molar-refractivity contribution in [1.29, 1.82) is 0 Å². The molecule has 0 aromatic rings. The summed E-state index contributed by atoms with van der Waals surface area (Å²) < 4.78 is 24.5. The third kappa shape index (κ3) is 3.57. The van der Waals surface area contributed by atoms with Crippen molar-refractivity contribution in [2.75, 3.05) is 32.4 Å². The van der Waals surface area contributed by atoms with E-state index in [2.05, 4.69) is 10.6 Å². The molecule has 6 nitrogen and oxygen atoms in total. The van der Waals surface area contributed by atoms with Gasteiger partial charge in [-0.25, -0.2) is 8.42 Å². The van der Waals surface area contributed by atoms with Gasteiger partial charge in [-0.15, -0.1) is 12.4 Å². The molecular weight excluding hydrogens is 278 g/mol. The van der Waals surface area contributed by atoms with Gasteiger partial charge >= 0.3 is 0 Å². The summed E-state index contributed by atoms with van der Waals surface area (Å²) in [7, 11) is -3.14. The number of sulfonamides is 1.